The number of nitrogens with zero attached hydrogens (tertiary/aromatic N) is 2. The number of ketones is 1. The lowest BCUT2D eigenvalue weighted by atomic mass is 10.0. The van der Waals surface area contributed by atoms with E-state index in [4.69, 9.17) is 11.5 Å². The van der Waals surface area contributed by atoms with Gasteiger partial charge in [0.1, 0.15) is 16.6 Å². The Balaban J connectivity index is 2.37. The Morgan fingerprint density at radius 1 is 1.45 bits per heavy atom. The summed E-state index contributed by atoms with van der Waals surface area (Å²) in [6.45, 7) is 5.30. The van der Waals surface area contributed by atoms with Gasteiger partial charge in [-0.15, -0.1) is 11.3 Å². The van der Waals surface area contributed by atoms with Crippen LogP contribution in [-0.2, 0) is 0 Å². The molecule has 0 unspecified atom stereocenters. The monoisotopic (exact) mass is 292 g/mol. The van der Waals surface area contributed by atoms with Crippen molar-refractivity contribution >= 4 is 27.8 Å². The predicted molar refractivity (Wildman–Crippen MR) is 82.0 cm³/mol. The second-order valence-electron chi connectivity index (χ2n) is 5.48. The van der Waals surface area contributed by atoms with Gasteiger partial charge in [0.05, 0.1) is 10.6 Å². The topological polar surface area (TPSA) is 96.1 Å². The van der Waals surface area contributed by atoms with Crippen LogP contribution in [0, 0.1) is 17.2 Å². The molecule has 2 heterocycles. The summed E-state index contributed by atoms with van der Waals surface area (Å²) in [6, 6.07) is 2.37. The van der Waals surface area contributed by atoms with E-state index in [1.807, 2.05) is 13.8 Å². The van der Waals surface area contributed by atoms with Gasteiger partial charge in [0.2, 0.25) is 0 Å². The molecule has 20 heavy (non-hydrogen) atoms. The molecule has 1 fully saturated rings. The SMILES string of the molecule is CC(C)C(=O)c1sc(N2CCC(N)CC2)c(C#N)c1N. The first-order chi connectivity index (χ1) is 9.45. The highest BCUT2D eigenvalue weighted by atomic mass is 32.1. The first kappa shape index (κ1) is 14.8. The molecule has 0 radical (unpaired) electrons. The van der Waals surface area contributed by atoms with Gasteiger partial charge < -0.3 is 16.4 Å². The molecule has 5 nitrogen and oxygen atoms in total. The van der Waals surface area contributed by atoms with Crippen LogP contribution in [0.2, 0.25) is 0 Å². The quantitative estimate of drug-likeness (QED) is 0.830. The van der Waals surface area contributed by atoms with E-state index < -0.39 is 0 Å². The Labute approximate surface area is 123 Å². The summed E-state index contributed by atoms with van der Waals surface area (Å²) < 4.78 is 0. The van der Waals surface area contributed by atoms with E-state index >= 15 is 0 Å². The highest BCUT2D eigenvalue weighted by molar-refractivity contribution is 7.19. The van der Waals surface area contributed by atoms with Crippen LogP contribution in [0.4, 0.5) is 10.7 Å². The molecule has 2 rings (SSSR count). The van der Waals surface area contributed by atoms with Crippen LogP contribution in [-0.4, -0.2) is 24.9 Å². The first-order valence-corrected chi connectivity index (χ1v) is 7.64. The maximum Gasteiger partial charge on any atom is 0.177 e. The van der Waals surface area contributed by atoms with Gasteiger partial charge in [0.15, 0.2) is 5.78 Å². The van der Waals surface area contributed by atoms with Crippen molar-refractivity contribution in [3.05, 3.63) is 10.4 Å². The number of hydrogen-bond acceptors (Lipinski definition) is 6. The number of thiophene rings is 1. The van der Waals surface area contributed by atoms with Crippen molar-refractivity contribution in [1.82, 2.24) is 0 Å². The van der Waals surface area contributed by atoms with Crippen molar-refractivity contribution in [3.8, 4) is 6.07 Å². The maximum absolute atomic E-state index is 12.2. The van der Waals surface area contributed by atoms with E-state index in [2.05, 4.69) is 11.0 Å². The summed E-state index contributed by atoms with van der Waals surface area (Å²) in [5, 5.41) is 10.1. The second-order valence-corrected chi connectivity index (χ2v) is 6.48. The summed E-state index contributed by atoms with van der Waals surface area (Å²) in [5.41, 5.74) is 12.7. The zero-order valence-corrected chi connectivity index (χ0v) is 12.7. The Bertz CT molecular complexity index is 550. The lowest BCUT2D eigenvalue weighted by molar-refractivity contribution is 0.0944. The number of nitrogen functional groups attached to an aromatic ring is 1. The minimum absolute atomic E-state index is 0.00367. The van der Waals surface area contributed by atoms with Gasteiger partial charge in [-0.25, -0.2) is 0 Å². The van der Waals surface area contributed by atoms with E-state index in [0.29, 0.717) is 16.1 Å². The average molecular weight is 292 g/mol. The standard InChI is InChI=1S/C14H20N4OS/c1-8(2)12(19)13-11(17)10(7-15)14(20-13)18-5-3-9(16)4-6-18/h8-9H,3-6,16-17H2,1-2H3. The van der Waals surface area contributed by atoms with Crippen LogP contribution < -0.4 is 16.4 Å². The summed E-state index contributed by atoms with van der Waals surface area (Å²) in [5.74, 6) is -0.117. The van der Waals surface area contributed by atoms with Gasteiger partial charge in [-0.1, -0.05) is 13.8 Å². The molecule has 0 aliphatic carbocycles. The summed E-state index contributed by atoms with van der Waals surface area (Å²) in [4.78, 5) is 14.8. The Morgan fingerprint density at radius 2 is 2.05 bits per heavy atom. The molecule has 1 saturated heterocycles. The Kier molecular flexibility index (Phi) is 4.31. The molecule has 0 bridgehead atoms. The largest absolute Gasteiger partial charge is 0.396 e. The van der Waals surface area contributed by atoms with E-state index in [-0.39, 0.29) is 17.7 Å². The molecule has 0 atom stereocenters. The number of Topliss-reactive ketones (excluding diaryl/α,β-unsaturated/α-hetero) is 1. The summed E-state index contributed by atoms with van der Waals surface area (Å²) >= 11 is 1.34. The molecule has 0 saturated carbocycles. The molecule has 6 heteroatoms. The molecule has 1 aliphatic rings. The highest BCUT2D eigenvalue weighted by Crippen LogP contribution is 2.39. The minimum Gasteiger partial charge on any atom is -0.396 e. The third-order valence-electron chi connectivity index (χ3n) is 3.61. The number of rotatable bonds is 3. The third kappa shape index (κ3) is 2.65. The van der Waals surface area contributed by atoms with Gasteiger partial charge in [0, 0.05) is 25.0 Å². The van der Waals surface area contributed by atoms with Crippen molar-refractivity contribution in [2.45, 2.75) is 32.7 Å². The maximum atomic E-state index is 12.2. The van der Waals surface area contributed by atoms with E-state index in [1.54, 1.807) is 0 Å². The van der Waals surface area contributed by atoms with Crippen LogP contribution in [0.25, 0.3) is 0 Å². The molecule has 1 aromatic rings. The zero-order valence-electron chi connectivity index (χ0n) is 11.8. The van der Waals surface area contributed by atoms with E-state index in [1.165, 1.54) is 11.3 Å². The van der Waals surface area contributed by atoms with Crippen LogP contribution in [0.15, 0.2) is 0 Å². The third-order valence-corrected chi connectivity index (χ3v) is 4.89. The van der Waals surface area contributed by atoms with Crippen molar-refractivity contribution in [2.24, 2.45) is 11.7 Å². The predicted octanol–water partition coefficient (Wildman–Crippen LogP) is 1.97. The van der Waals surface area contributed by atoms with Gasteiger partial charge in [-0.05, 0) is 12.8 Å². The molecular weight excluding hydrogens is 272 g/mol. The molecule has 1 aliphatic heterocycles. The number of anilines is 2. The fourth-order valence-corrected chi connectivity index (χ4v) is 3.62. The average Bonchev–Trinajstić information content (AvgIpc) is 2.75. The number of carbonyl (C=O) groups is 1. The summed E-state index contributed by atoms with van der Waals surface area (Å²) in [7, 11) is 0. The molecule has 0 aromatic carbocycles. The van der Waals surface area contributed by atoms with Crippen LogP contribution >= 0.6 is 11.3 Å². The molecule has 108 valence electrons. The molecule has 0 spiro atoms. The Morgan fingerprint density at radius 3 is 2.55 bits per heavy atom. The van der Waals surface area contributed by atoms with E-state index in [9.17, 15) is 10.1 Å². The fraction of sp³-hybridized carbons (Fsp3) is 0.571. The number of carbonyl (C=O) groups excluding carboxylic acids is 1. The smallest absolute Gasteiger partial charge is 0.177 e. The second kappa shape index (κ2) is 5.81. The van der Waals surface area contributed by atoms with Crippen molar-refractivity contribution < 1.29 is 4.79 Å². The van der Waals surface area contributed by atoms with Crippen molar-refractivity contribution in [2.75, 3.05) is 23.7 Å². The zero-order chi connectivity index (χ0) is 14.9. The summed E-state index contributed by atoms with van der Waals surface area (Å²) in [6.07, 6.45) is 1.80. The molecular formula is C14H20N4OS. The van der Waals surface area contributed by atoms with Crippen LogP contribution in [0.5, 0.6) is 0 Å². The molecule has 0 amide bonds. The number of piperidine rings is 1. The fourth-order valence-electron chi connectivity index (χ4n) is 2.31. The number of hydrogen-bond donors (Lipinski definition) is 2. The highest BCUT2D eigenvalue weighted by Gasteiger charge is 2.27. The lowest BCUT2D eigenvalue weighted by Gasteiger charge is -2.31. The van der Waals surface area contributed by atoms with E-state index in [0.717, 1.165) is 30.9 Å². The van der Waals surface area contributed by atoms with Crippen LogP contribution in [0.3, 0.4) is 0 Å². The normalized spacial score (nSPS) is 16.4. The van der Waals surface area contributed by atoms with Gasteiger partial charge in [-0.2, -0.15) is 5.26 Å². The van der Waals surface area contributed by atoms with Crippen molar-refractivity contribution in [1.29, 1.82) is 5.26 Å². The lowest BCUT2D eigenvalue weighted by Crippen LogP contribution is -2.39. The van der Waals surface area contributed by atoms with Gasteiger partial charge >= 0.3 is 0 Å². The number of nitrogens with two attached hydrogens (primary N) is 2. The minimum atomic E-state index is -0.120. The molecule has 4 N–H and O–H groups in total. The Hall–Kier alpha value is -1.58. The van der Waals surface area contributed by atoms with Crippen LogP contribution in [0.1, 0.15) is 41.9 Å². The first-order valence-electron chi connectivity index (χ1n) is 6.82. The van der Waals surface area contributed by atoms with Gasteiger partial charge in [0.25, 0.3) is 0 Å². The number of nitriles is 1. The van der Waals surface area contributed by atoms with Crippen molar-refractivity contribution in [3.63, 3.8) is 0 Å². The van der Waals surface area contributed by atoms with Gasteiger partial charge in [-0.3, -0.25) is 4.79 Å². The molecule has 1 aromatic heterocycles.